The molecule has 4 aromatic rings. The number of amides is 1. The molecule has 0 saturated heterocycles. The monoisotopic (exact) mass is 399 g/mol. The molecule has 10 heteroatoms. The second-order valence-electron chi connectivity index (χ2n) is 5.87. The molecule has 1 amide bonds. The molecule has 0 saturated carbocycles. The van der Waals surface area contributed by atoms with Crippen molar-refractivity contribution >= 4 is 34.1 Å². The van der Waals surface area contributed by atoms with Crippen LogP contribution in [0.1, 0.15) is 5.56 Å². The number of aromatic nitrogens is 4. The van der Waals surface area contributed by atoms with Gasteiger partial charge in [-0.15, -0.1) is 27.0 Å². The minimum Gasteiger partial charge on any atom is -0.256 e. The highest BCUT2D eigenvalue weighted by Gasteiger charge is 2.43. The SMILES string of the molecule is O=C(Cc1ccc2ncccc2c1)[N+](F)(F)Nc1ncc(-c2cccs2)nn1. The topological polar surface area (TPSA) is 80.7 Å². The van der Waals surface area contributed by atoms with Crippen LogP contribution in [-0.4, -0.2) is 31.1 Å². The minimum atomic E-state index is -3.09. The molecular weight excluding hydrogens is 386 g/mol. The highest BCUT2D eigenvalue weighted by molar-refractivity contribution is 7.13. The van der Waals surface area contributed by atoms with Gasteiger partial charge in [0.1, 0.15) is 5.69 Å². The standard InChI is InChI=1S/C18H13F2N6OS/c19-26(20,25-18-22-11-15(23-24-18)16-4-2-8-28-16)17(27)10-12-5-6-14-13(9-12)3-1-7-21-14/h1-9,11H,10H2,(H,22,24,25)/q+1. The number of nitrogens with one attached hydrogen (secondary N) is 1. The van der Waals surface area contributed by atoms with Gasteiger partial charge in [0.15, 0.2) is 0 Å². The Morgan fingerprint density at radius 2 is 2.00 bits per heavy atom. The van der Waals surface area contributed by atoms with Gasteiger partial charge in [-0.25, -0.2) is 9.78 Å². The van der Waals surface area contributed by atoms with Gasteiger partial charge in [0.2, 0.25) is 5.04 Å². The van der Waals surface area contributed by atoms with Crippen molar-refractivity contribution in [3.05, 3.63) is 65.8 Å². The number of quaternary nitrogens is 1. The molecule has 7 nitrogen and oxygen atoms in total. The van der Waals surface area contributed by atoms with Crippen LogP contribution in [0.4, 0.5) is 14.9 Å². The van der Waals surface area contributed by atoms with E-state index in [-0.39, 0.29) is 0 Å². The van der Waals surface area contributed by atoms with Crippen LogP contribution in [0.15, 0.2) is 60.2 Å². The summed E-state index contributed by atoms with van der Waals surface area (Å²) < 4.78 is 28.5. The van der Waals surface area contributed by atoms with E-state index in [2.05, 4.69) is 20.2 Å². The summed E-state index contributed by atoms with van der Waals surface area (Å²) >= 11 is 1.43. The Balaban J connectivity index is 1.46. The molecule has 140 valence electrons. The summed E-state index contributed by atoms with van der Waals surface area (Å²) in [4.78, 5) is 20.9. The van der Waals surface area contributed by atoms with E-state index in [1.165, 1.54) is 17.5 Å². The van der Waals surface area contributed by atoms with E-state index in [4.69, 9.17) is 0 Å². The Kier molecular flexibility index (Phi) is 4.72. The van der Waals surface area contributed by atoms with Gasteiger partial charge < -0.3 is 0 Å². The van der Waals surface area contributed by atoms with Crippen molar-refractivity contribution in [1.82, 2.24) is 20.2 Å². The van der Waals surface area contributed by atoms with E-state index in [1.807, 2.05) is 17.5 Å². The average molecular weight is 399 g/mol. The number of carbonyl (C=O) groups excluding carboxylic acids is 1. The molecule has 3 heterocycles. The van der Waals surface area contributed by atoms with Crippen LogP contribution in [-0.2, 0) is 11.2 Å². The Morgan fingerprint density at radius 3 is 2.75 bits per heavy atom. The molecule has 0 spiro atoms. The number of rotatable bonds is 5. The van der Waals surface area contributed by atoms with Crippen molar-refractivity contribution in [2.45, 2.75) is 6.42 Å². The summed E-state index contributed by atoms with van der Waals surface area (Å²) in [7, 11) is 0. The fourth-order valence-electron chi connectivity index (χ4n) is 2.56. The normalized spacial score (nSPS) is 11.5. The number of benzene rings is 1. The molecule has 0 bridgehead atoms. The van der Waals surface area contributed by atoms with Crippen molar-refractivity contribution in [2.24, 2.45) is 0 Å². The molecule has 0 aliphatic heterocycles. The summed E-state index contributed by atoms with van der Waals surface area (Å²) in [6, 6.07) is 12.1. The van der Waals surface area contributed by atoms with Crippen LogP contribution in [0.25, 0.3) is 21.5 Å². The number of hydrogen-bond donors (Lipinski definition) is 1. The third kappa shape index (κ3) is 3.82. The van der Waals surface area contributed by atoms with E-state index in [9.17, 15) is 13.8 Å². The second-order valence-corrected chi connectivity index (χ2v) is 6.82. The number of hydrogen-bond acceptors (Lipinski definition) is 7. The molecular formula is C18H13F2N6OS+. The molecule has 0 atom stereocenters. The van der Waals surface area contributed by atoms with Crippen LogP contribution >= 0.6 is 11.3 Å². The first-order chi connectivity index (χ1) is 13.5. The van der Waals surface area contributed by atoms with E-state index >= 15 is 0 Å². The van der Waals surface area contributed by atoms with Crippen molar-refractivity contribution in [1.29, 1.82) is 0 Å². The molecule has 1 aromatic carbocycles. The summed E-state index contributed by atoms with van der Waals surface area (Å²) in [5, 5.41) is 7.02. The first-order valence-corrected chi connectivity index (χ1v) is 9.06. The lowest BCUT2D eigenvalue weighted by Crippen LogP contribution is -2.44. The van der Waals surface area contributed by atoms with Gasteiger partial charge in [-0.1, -0.05) is 18.2 Å². The Hall–Kier alpha value is -3.37. The number of nitrogens with zero attached hydrogens (tertiary/aromatic N) is 5. The third-order valence-corrected chi connectivity index (χ3v) is 4.80. The van der Waals surface area contributed by atoms with Gasteiger partial charge in [0.05, 0.1) is 32.0 Å². The van der Waals surface area contributed by atoms with Crippen LogP contribution in [0.3, 0.4) is 0 Å². The fraction of sp³-hybridized carbons (Fsp3) is 0.0556. The van der Waals surface area contributed by atoms with Crippen LogP contribution in [0.5, 0.6) is 0 Å². The van der Waals surface area contributed by atoms with Crippen molar-refractivity contribution in [3.8, 4) is 10.6 Å². The lowest BCUT2D eigenvalue weighted by atomic mass is 10.1. The summed E-state index contributed by atoms with van der Waals surface area (Å²) in [6.07, 6.45) is 2.49. The number of halogens is 2. The maximum absolute atomic E-state index is 14.2. The fourth-order valence-corrected chi connectivity index (χ4v) is 3.24. The maximum atomic E-state index is 14.2. The first kappa shape index (κ1) is 18.0. The van der Waals surface area contributed by atoms with Gasteiger partial charge in [0, 0.05) is 11.6 Å². The van der Waals surface area contributed by atoms with Crippen LogP contribution < -0.4 is 5.43 Å². The van der Waals surface area contributed by atoms with Crippen molar-refractivity contribution < 1.29 is 18.8 Å². The lowest BCUT2D eigenvalue weighted by Gasteiger charge is -2.11. The van der Waals surface area contributed by atoms with Crippen molar-refractivity contribution in [3.63, 3.8) is 0 Å². The van der Waals surface area contributed by atoms with Gasteiger partial charge in [0.25, 0.3) is 5.95 Å². The number of pyridine rings is 1. The largest absolute Gasteiger partial charge is 0.422 e. The smallest absolute Gasteiger partial charge is 0.256 e. The zero-order valence-corrected chi connectivity index (χ0v) is 15.1. The number of anilines is 1. The van der Waals surface area contributed by atoms with Crippen LogP contribution in [0.2, 0.25) is 0 Å². The first-order valence-electron chi connectivity index (χ1n) is 8.18. The molecule has 0 fully saturated rings. The molecule has 1 N–H and O–H groups in total. The summed E-state index contributed by atoms with van der Waals surface area (Å²) in [6.45, 7) is 0. The molecule has 4 rings (SSSR count). The second kappa shape index (κ2) is 7.33. The molecule has 3 aromatic heterocycles. The highest BCUT2D eigenvalue weighted by Crippen LogP contribution is 2.22. The van der Waals surface area contributed by atoms with Gasteiger partial charge in [-0.05, 0) is 35.2 Å². The maximum Gasteiger partial charge on any atom is 0.422 e. The summed E-state index contributed by atoms with van der Waals surface area (Å²) in [5.74, 6) is -1.80. The average Bonchev–Trinajstić information content (AvgIpc) is 3.23. The Labute approximate surface area is 161 Å². The van der Waals surface area contributed by atoms with Gasteiger partial charge >= 0.3 is 5.91 Å². The van der Waals surface area contributed by atoms with Crippen LogP contribution in [0, 0.1) is 0 Å². The number of fused-ring (bicyclic) bond motifs is 1. The van der Waals surface area contributed by atoms with Gasteiger partial charge in [-0.3, -0.25) is 4.98 Å². The van der Waals surface area contributed by atoms with E-state index in [0.29, 0.717) is 11.3 Å². The molecule has 0 aliphatic carbocycles. The molecule has 0 unspecified atom stereocenters. The molecule has 0 radical (unpaired) electrons. The molecule has 28 heavy (non-hydrogen) atoms. The number of carbonyl (C=O) groups is 1. The quantitative estimate of drug-likeness (QED) is 0.406. The Bertz CT molecular complexity index is 1120. The Morgan fingerprint density at radius 1 is 1.11 bits per heavy atom. The van der Waals surface area contributed by atoms with E-state index < -0.39 is 23.3 Å². The zero-order valence-electron chi connectivity index (χ0n) is 14.3. The highest BCUT2D eigenvalue weighted by atomic mass is 32.1. The predicted molar refractivity (Wildman–Crippen MR) is 99.7 cm³/mol. The van der Waals surface area contributed by atoms with E-state index in [0.717, 1.165) is 15.8 Å². The number of thiophene rings is 1. The zero-order chi connectivity index (χ0) is 19.6. The third-order valence-electron chi connectivity index (χ3n) is 3.91. The van der Waals surface area contributed by atoms with Crippen molar-refractivity contribution in [2.75, 3.05) is 5.43 Å². The van der Waals surface area contributed by atoms with Gasteiger partial charge in [-0.2, -0.15) is 0 Å². The minimum absolute atomic E-state index is 0.443. The summed E-state index contributed by atoms with van der Waals surface area (Å²) in [5.41, 5.74) is 3.36. The van der Waals surface area contributed by atoms with E-state index in [1.54, 1.807) is 42.0 Å². The molecule has 0 aliphatic rings. The lowest BCUT2D eigenvalue weighted by molar-refractivity contribution is -1.09. The predicted octanol–water partition coefficient (Wildman–Crippen LogP) is 3.83.